The van der Waals surface area contributed by atoms with Gasteiger partial charge in [0.25, 0.3) is 0 Å². The average molecular weight is 284 g/mol. The lowest BCUT2D eigenvalue weighted by atomic mass is 10.2. The van der Waals surface area contributed by atoms with Crippen LogP contribution in [0.5, 0.6) is 0 Å². The zero-order chi connectivity index (χ0) is 10.8. The fraction of sp³-hybridized carbons (Fsp3) is 0.182. The Morgan fingerprint density at radius 2 is 2.00 bits per heavy atom. The van der Waals surface area contributed by atoms with E-state index in [1.807, 2.05) is 31.2 Å². The molecule has 0 bridgehead atoms. The summed E-state index contributed by atoms with van der Waals surface area (Å²) < 4.78 is 1.06. The number of rotatable bonds is 2. The Balaban J connectivity index is 2.41. The molecule has 2 nitrogen and oxygen atoms in total. The molecule has 2 rings (SSSR count). The Hall–Kier alpha value is -0.710. The second kappa shape index (κ2) is 4.43. The first-order valence-electron chi connectivity index (χ1n) is 4.54. The summed E-state index contributed by atoms with van der Waals surface area (Å²) in [5.41, 5.74) is 2.01. The van der Waals surface area contributed by atoms with Crippen molar-refractivity contribution in [3.8, 4) is 10.6 Å². The number of aliphatic hydroxyl groups is 1. The normalized spacial score (nSPS) is 10.6. The maximum absolute atomic E-state index is 9.09. The minimum atomic E-state index is 0.0695. The van der Waals surface area contributed by atoms with E-state index in [9.17, 15) is 0 Å². The van der Waals surface area contributed by atoms with Crippen molar-refractivity contribution in [2.75, 3.05) is 0 Å². The van der Waals surface area contributed by atoms with Crippen molar-refractivity contribution >= 4 is 27.3 Å². The molecular weight excluding hydrogens is 274 g/mol. The fourth-order valence-corrected chi connectivity index (χ4v) is 2.48. The average Bonchev–Trinajstić information content (AvgIpc) is 2.61. The van der Waals surface area contributed by atoms with Crippen LogP contribution in [0.2, 0.25) is 0 Å². The summed E-state index contributed by atoms with van der Waals surface area (Å²) in [6.07, 6.45) is 0. The first-order chi connectivity index (χ1) is 7.20. The molecule has 0 aliphatic heterocycles. The lowest BCUT2D eigenvalue weighted by molar-refractivity contribution is 0.284. The van der Waals surface area contributed by atoms with E-state index in [1.54, 1.807) is 11.3 Å². The molecule has 0 saturated carbocycles. The number of nitrogens with zero attached hydrogens (tertiary/aromatic N) is 1. The lowest BCUT2D eigenvalue weighted by Crippen LogP contribution is -1.80. The molecule has 0 spiro atoms. The van der Waals surface area contributed by atoms with Gasteiger partial charge >= 0.3 is 0 Å². The molecule has 1 aromatic carbocycles. The van der Waals surface area contributed by atoms with Crippen LogP contribution in [0.25, 0.3) is 10.6 Å². The third-order valence-electron chi connectivity index (χ3n) is 2.13. The molecule has 0 aliphatic carbocycles. The highest BCUT2D eigenvalue weighted by Gasteiger charge is 2.07. The van der Waals surface area contributed by atoms with Gasteiger partial charge in [-0.1, -0.05) is 28.1 Å². The Morgan fingerprint density at radius 3 is 2.53 bits per heavy atom. The van der Waals surface area contributed by atoms with Crippen LogP contribution in [0.4, 0.5) is 0 Å². The van der Waals surface area contributed by atoms with E-state index in [0.29, 0.717) is 0 Å². The summed E-state index contributed by atoms with van der Waals surface area (Å²) in [5, 5.41) is 10.0. The molecule has 0 aliphatic rings. The molecule has 1 heterocycles. The zero-order valence-electron chi connectivity index (χ0n) is 8.20. The molecule has 78 valence electrons. The molecule has 0 unspecified atom stereocenters. The van der Waals surface area contributed by atoms with E-state index in [2.05, 4.69) is 20.9 Å². The molecule has 0 amide bonds. The zero-order valence-corrected chi connectivity index (χ0v) is 10.6. The molecule has 15 heavy (non-hydrogen) atoms. The number of thiazole rings is 1. The van der Waals surface area contributed by atoms with Crippen LogP contribution >= 0.6 is 27.3 Å². The van der Waals surface area contributed by atoms with Crippen LogP contribution < -0.4 is 0 Å². The molecule has 0 fully saturated rings. The topological polar surface area (TPSA) is 33.1 Å². The second-order valence-electron chi connectivity index (χ2n) is 3.19. The van der Waals surface area contributed by atoms with Gasteiger partial charge < -0.3 is 5.11 Å². The van der Waals surface area contributed by atoms with Crippen molar-refractivity contribution in [1.29, 1.82) is 0 Å². The number of aromatic nitrogens is 1. The lowest BCUT2D eigenvalue weighted by Gasteiger charge is -1.95. The van der Waals surface area contributed by atoms with E-state index in [0.717, 1.165) is 25.6 Å². The van der Waals surface area contributed by atoms with Gasteiger partial charge in [0.15, 0.2) is 0 Å². The van der Waals surface area contributed by atoms with Crippen molar-refractivity contribution in [2.45, 2.75) is 13.5 Å². The van der Waals surface area contributed by atoms with Gasteiger partial charge in [-0.2, -0.15) is 0 Å². The summed E-state index contributed by atoms with van der Waals surface area (Å²) in [6.45, 7) is 1.99. The monoisotopic (exact) mass is 283 g/mol. The Morgan fingerprint density at radius 1 is 1.33 bits per heavy atom. The number of hydrogen-bond donors (Lipinski definition) is 1. The number of aryl methyl sites for hydroxylation is 1. The van der Waals surface area contributed by atoms with Gasteiger partial charge in [0, 0.05) is 10.0 Å². The third kappa shape index (κ3) is 2.27. The molecule has 0 atom stereocenters. The van der Waals surface area contributed by atoms with Crippen molar-refractivity contribution in [1.82, 2.24) is 4.98 Å². The van der Waals surface area contributed by atoms with Crippen LogP contribution in [0.1, 0.15) is 10.6 Å². The van der Waals surface area contributed by atoms with Crippen molar-refractivity contribution < 1.29 is 5.11 Å². The van der Waals surface area contributed by atoms with Crippen molar-refractivity contribution in [2.24, 2.45) is 0 Å². The minimum Gasteiger partial charge on any atom is -0.391 e. The predicted molar refractivity (Wildman–Crippen MR) is 65.9 cm³/mol. The van der Waals surface area contributed by atoms with Crippen LogP contribution in [0.3, 0.4) is 0 Å². The van der Waals surface area contributed by atoms with Crippen LogP contribution in [0.15, 0.2) is 28.7 Å². The van der Waals surface area contributed by atoms with Crippen LogP contribution in [0, 0.1) is 6.92 Å². The molecule has 1 aromatic heterocycles. The third-order valence-corrected chi connectivity index (χ3v) is 3.85. The van der Waals surface area contributed by atoms with Crippen LogP contribution in [-0.4, -0.2) is 10.1 Å². The predicted octanol–water partition coefficient (Wildman–Crippen LogP) is 3.37. The first-order valence-corrected chi connectivity index (χ1v) is 6.15. The highest BCUT2D eigenvalue weighted by atomic mass is 79.9. The van der Waals surface area contributed by atoms with Crippen molar-refractivity contribution in [3.05, 3.63) is 39.3 Å². The fourth-order valence-electron chi connectivity index (χ4n) is 1.29. The number of halogens is 1. The van der Waals surface area contributed by atoms with Gasteiger partial charge in [0.2, 0.25) is 0 Å². The molecule has 1 N–H and O–H groups in total. The summed E-state index contributed by atoms with van der Waals surface area (Å²) in [5.74, 6) is 0. The van der Waals surface area contributed by atoms with E-state index < -0.39 is 0 Å². The quantitative estimate of drug-likeness (QED) is 0.917. The Labute approximate surface area is 101 Å². The summed E-state index contributed by atoms with van der Waals surface area (Å²) in [6, 6.07) is 8.02. The largest absolute Gasteiger partial charge is 0.391 e. The van der Waals surface area contributed by atoms with Gasteiger partial charge in [-0.25, -0.2) is 4.98 Å². The van der Waals surface area contributed by atoms with E-state index in [4.69, 9.17) is 5.11 Å². The summed E-state index contributed by atoms with van der Waals surface area (Å²) >= 11 is 4.94. The van der Waals surface area contributed by atoms with Gasteiger partial charge in [-0.3, -0.25) is 0 Å². The Kier molecular flexibility index (Phi) is 3.19. The summed E-state index contributed by atoms with van der Waals surface area (Å²) in [7, 11) is 0. The smallest absolute Gasteiger partial charge is 0.123 e. The maximum Gasteiger partial charge on any atom is 0.123 e. The summed E-state index contributed by atoms with van der Waals surface area (Å²) in [4.78, 5) is 5.36. The number of benzene rings is 1. The second-order valence-corrected chi connectivity index (χ2v) is 5.19. The Bertz CT molecular complexity index is 464. The van der Waals surface area contributed by atoms with E-state index >= 15 is 0 Å². The number of aliphatic hydroxyl groups excluding tert-OH is 1. The molecule has 0 saturated heterocycles. The van der Waals surface area contributed by atoms with Gasteiger partial charge in [0.1, 0.15) is 5.01 Å². The van der Waals surface area contributed by atoms with Crippen LogP contribution in [-0.2, 0) is 6.61 Å². The van der Waals surface area contributed by atoms with Gasteiger partial charge in [0.05, 0.1) is 17.2 Å². The van der Waals surface area contributed by atoms with Gasteiger partial charge in [-0.15, -0.1) is 11.3 Å². The van der Waals surface area contributed by atoms with Crippen molar-refractivity contribution in [3.63, 3.8) is 0 Å². The molecular formula is C11H10BrNOS. The number of hydrogen-bond acceptors (Lipinski definition) is 3. The SMILES string of the molecule is Cc1nc(-c2ccc(Br)cc2)sc1CO. The molecule has 0 radical (unpaired) electrons. The molecule has 4 heteroatoms. The standard InChI is InChI=1S/C11H10BrNOS/c1-7-10(6-14)15-11(13-7)8-2-4-9(12)5-3-8/h2-5,14H,6H2,1H3. The highest BCUT2D eigenvalue weighted by molar-refractivity contribution is 9.10. The van der Waals surface area contributed by atoms with E-state index in [-0.39, 0.29) is 6.61 Å². The maximum atomic E-state index is 9.09. The highest BCUT2D eigenvalue weighted by Crippen LogP contribution is 2.28. The van der Waals surface area contributed by atoms with Gasteiger partial charge in [-0.05, 0) is 19.1 Å². The van der Waals surface area contributed by atoms with E-state index in [1.165, 1.54) is 0 Å². The minimum absolute atomic E-state index is 0.0695. The first kappa shape index (κ1) is 10.8. The molecule has 2 aromatic rings.